The Hall–Kier alpha value is -0.260. The molecule has 0 aliphatic heterocycles. The smallest absolute Gasteiger partial charge is 0.0137 e. The van der Waals surface area contributed by atoms with E-state index >= 15 is 0 Å². The number of hydrogen-bond acceptors (Lipinski definition) is 0. The Bertz CT molecular complexity index is 174. The van der Waals surface area contributed by atoms with Gasteiger partial charge in [0.2, 0.25) is 0 Å². The van der Waals surface area contributed by atoms with Gasteiger partial charge in [-0.3, -0.25) is 0 Å². The van der Waals surface area contributed by atoms with Crippen molar-refractivity contribution in [2.75, 3.05) is 0 Å². The summed E-state index contributed by atoms with van der Waals surface area (Å²) in [5.74, 6) is 3.18. The second-order valence-corrected chi connectivity index (χ2v) is 3.79. The standard InChI is InChI=1S/C9H12/c1-2-7-5-9-6(1)3-4-8(7)9/h5-8H,1-4H2. The van der Waals surface area contributed by atoms with Gasteiger partial charge >= 0.3 is 0 Å². The topological polar surface area (TPSA) is 0 Å². The number of rotatable bonds is 0. The highest BCUT2D eigenvalue weighted by Crippen LogP contribution is 2.56. The van der Waals surface area contributed by atoms with Crippen molar-refractivity contribution in [3.63, 3.8) is 0 Å². The SMILES string of the molecule is C1=C2C3CCC1C2CC3. The van der Waals surface area contributed by atoms with E-state index in [4.69, 9.17) is 0 Å². The van der Waals surface area contributed by atoms with Crippen LogP contribution in [0.25, 0.3) is 0 Å². The van der Waals surface area contributed by atoms with Crippen LogP contribution in [-0.4, -0.2) is 0 Å². The summed E-state index contributed by atoms with van der Waals surface area (Å²) in [5, 5.41) is 0. The Balaban J connectivity index is 2.11. The Kier molecular flexibility index (Phi) is 0.633. The van der Waals surface area contributed by atoms with Gasteiger partial charge in [-0.05, 0) is 43.4 Å². The molecule has 4 aliphatic rings. The van der Waals surface area contributed by atoms with Gasteiger partial charge < -0.3 is 0 Å². The van der Waals surface area contributed by atoms with Gasteiger partial charge in [0.25, 0.3) is 0 Å². The molecular weight excluding hydrogens is 108 g/mol. The van der Waals surface area contributed by atoms with Crippen LogP contribution in [0.1, 0.15) is 25.7 Å². The van der Waals surface area contributed by atoms with Gasteiger partial charge in [0.15, 0.2) is 0 Å². The Morgan fingerprint density at radius 1 is 1.11 bits per heavy atom. The summed E-state index contributed by atoms with van der Waals surface area (Å²) in [4.78, 5) is 0. The minimum atomic E-state index is 1.04. The predicted octanol–water partition coefficient (Wildman–Crippen LogP) is 2.36. The van der Waals surface area contributed by atoms with Crippen molar-refractivity contribution >= 4 is 0 Å². The van der Waals surface area contributed by atoms with E-state index in [9.17, 15) is 0 Å². The maximum absolute atomic E-state index is 2.55. The molecule has 4 bridgehead atoms. The minimum absolute atomic E-state index is 1.04. The van der Waals surface area contributed by atoms with Gasteiger partial charge in [-0.2, -0.15) is 0 Å². The van der Waals surface area contributed by atoms with Crippen LogP contribution in [0, 0.1) is 17.8 Å². The fourth-order valence-electron chi connectivity index (χ4n) is 2.97. The van der Waals surface area contributed by atoms with E-state index in [1.54, 1.807) is 0 Å². The molecule has 0 aromatic rings. The Morgan fingerprint density at radius 2 is 2.00 bits per heavy atom. The average molecular weight is 120 g/mol. The van der Waals surface area contributed by atoms with E-state index in [1.165, 1.54) is 25.7 Å². The third-order valence-electron chi connectivity index (χ3n) is 3.50. The summed E-state index contributed by atoms with van der Waals surface area (Å²) >= 11 is 0. The molecule has 0 saturated heterocycles. The predicted molar refractivity (Wildman–Crippen MR) is 37.0 cm³/mol. The first kappa shape index (κ1) is 4.54. The van der Waals surface area contributed by atoms with Crippen LogP contribution >= 0.6 is 0 Å². The molecule has 3 unspecified atom stereocenters. The molecule has 0 spiro atoms. The normalized spacial score (nSPS) is 52.4. The third kappa shape index (κ3) is 0.385. The first-order chi connectivity index (χ1) is 4.45. The van der Waals surface area contributed by atoms with E-state index in [-0.39, 0.29) is 0 Å². The van der Waals surface area contributed by atoms with Gasteiger partial charge in [0, 0.05) is 0 Å². The summed E-state index contributed by atoms with van der Waals surface area (Å²) in [6.07, 6.45) is 8.63. The lowest BCUT2D eigenvalue weighted by atomic mass is 9.66. The molecule has 0 aromatic carbocycles. The van der Waals surface area contributed by atoms with Gasteiger partial charge in [0.1, 0.15) is 0 Å². The Labute approximate surface area is 56.0 Å². The monoisotopic (exact) mass is 120 g/mol. The van der Waals surface area contributed by atoms with Crippen LogP contribution in [-0.2, 0) is 0 Å². The van der Waals surface area contributed by atoms with Crippen molar-refractivity contribution in [1.29, 1.82) is 0 Å². The van der Waals surface area contributed by atoms with Crippen LogP contribution in [0.4, 0.5) is 0 Å². The highest BCUT2D eigenvalue weighted by molar-refractivity contribution is 5.31. The van der Waals surface area contributed by atoms with Crippen molar-refractivity contribution < 1.29 is 0 Å². The maximum atomic E-state index is 2.55. The fraction of sp³-hybridized carbons (Fsp3) is 0.778. The largest absolute Gasteiger partial charge is 0.0810 e. The quantitative estimate of drug-likeness (QED) is 0.430. The molecule has 0 heterocycles. The molecule has 0 aromatic heterocycles. The zero-order valence-corrected chi connectivity index (χ0v) is 5.64. The first-order valence-electron chi connectivity index (χ1n) is 4.17. The second kappa shape index (κ2) is 1.25. The first-order valence-corrected chi connectivity index (χ1v) is 4.17. The molecule has 0 radical (unpaired) electrons. The lowest BCUT2D eigenvalue weighted by Gasteiger charge is -2.39. The lowest BCUT2D eigenvalue weighted by Crippen LogP contribution is -2.28. The van der Waals surface area contributed by atoms with Gasteiger partial charge in [-0.1, -0.05) is 11.6 Å². The van der Waals surface area contributed by atoms with E-state index in [0.717, 1.165) is 17.8 Å². The van der Waals surface area contributed by atoms with Crippen molar-refractivity contribution in [3.8, 4) is 0 Å². The van der Waals surface area contributed by atoms with E-state index in [1.807, 2.05) is 5.57 Å². The molecule has 4 aliphatic carbocycles. The van der Waals surface area contributed by atoms with E-state index < -0.39 is 0 Å². The molecular formula is C9H12. The van der Waals surface area contributed by atoms with Crippen LogP contribution in [0.3, 0.4) is 0 Å². The molecule has 0 amide bonds. The highest BCUT2D eigenvalue weighted by Gasteiger charge is 2.45. The van der Waals surface area contributed by atoms with Crippen molar-refractivity contribution in [1.82, 2.24) is 0 Å². The zero-order chi connectivity index (χ0) is 5.84. The summed E-state index contributed by atoms with van der Waals surface area (Å²) in [7, 11) is 0. The zero-order valence-electron chi connectivity index (χ0n) is 5.64. The Morgan fingerprint density at radius 3 is 2.67 bits per heavy atom. The summed E-state index contributed by atoms with van der Waals surface area (Å²) < 4.78 is 0. The lowest BCUT2D eigenvalue weighted by molar-refractivity contribution is 0.320. The maximum Gasteiger partial charge on any atom is -0.0137 e. The molecule has 9 heavy (non-hydrogen) atoms. The van der Waals surface area contributed by atoms with Crippen molar-refractivity contribution in [2.24, 2.45) is 17.8 Å². The van der Waals surface area contributed by atoms with Gasteiger partial charge in [0.05, 0.1) is 0 Å². The van der Waals surface area contributed by atoms with Gasteiger partial charge in [-0.25, -0.2) is 0 Å². The van der Waals surface area contributed by atoms with Crippen molar-refractivity contribution in [3.05, 3.63) is 11.6 Å². The second-order valence-electron chi connectivity index (χ2n) is 3.79. The number of allylic oxidation sites excluding steroid dienone is 2. The van der Waals surface area contributed by atoms with Crippen LogP contribution in [0.5, 0.6) is 0 Å². The van der Waals surface area contributed by atoms with Crippen LogP contribution in [0.2, 0.25) is 0 Å². The van der Waals surface area contributed by atoms with Crippen LogP contribution in [0.15, 0.2) is 11.6 Å². The highest BCUT2D eigenvalue weighted by atomic mass is 14.5. The molecule has 4 rings (SSSR count). The number of fused-ring (bicyclic) bond motifs is 1. The number of hydrogen-bond donors (Lipinski definition) is 0. The van der Waals surface area contributed by atoms with E-state index in [0.29, 0.717) is 0 Å². The minimum Gasteiger partial charge on any atom is -0.0810 e. The summed E-state index contributed by atoms with van der Waals surface area (Å²) in [6, 6.07) is 0. The summed E-state index contributed by atoms with van der Waals surface area (Å²) in [5.41, 5.74) is 1.85. The molecule has 3 atom stereocenters. The molecule has 2 saturated carbocycles. The summed E-state index contributed by atoms with van der Waals surface area (Å²) in [6.45, 7) is 0. The molecule has 0 heteroatoms. The average Bonchev–Trinajstić information content (AvgIpc) is 2.06. The molecule has 48 valence electrons. The molecule has 0 N–H and O–H groups in total. The molecule has 2 fully saturated rings. The van der Waals surface area contributed by atoms with Crippen molar-refractivity contribution in [2.45, 2.75) is 25.7 Å². The third-order valence-corrected chi connectivity index (χ3v) is 3.50. The van der Waals surface area contributed by atoms with E-state index in [2.05, 4.69) is 6.08 Å². The molecule has 0 nitrogen and oxygen atoms in total. The fourth-order valence-corrected chi connectivity index (χ4v) is 2.97. The van der Waals surface area contributed by atoms with Crippen LogP contribution < -0.4 is 0 Å². The van der Waals surface area contributed by atoms with Gasteiger partial charge in [-0.15, -0.1) is 0 Å².